The van der Waals surface area contributed by atoms with E-state index in [1.165, 1.54) is 238 Å². The lowest BCUT2D eigenvalue weighted by Crippen LogP contribution is -2.30. The molecule has 0 saturated carbocycles. The van der Waals surface area contributed by atoms with Crippen LogP contribution >= 0.6 is 0 Å². The van der Waals surface area contributed by atoms with Crippen molar-refractivity contribution in [3.05, 3.63) is 24.3 Å². The third kappa shape index (κ3) is 56.7. The minimum atomic E-state index is -0.774. The Morgan fingerprint density at radius 3 is 0.739 bits per heavy atom. The molecule has 0 amide bonds. The number of esters is 3. The van der Waals surface area contributed by atoms with Crippen LogP contribution in [0.5, 0.6) is 0 Å². The Balaban J connectivity index is 4.27. The molecule has 69 heavy (non-hydrogen) atoms. The molecule has 0 aromatic heterocycles. The van der Waals surface area contributed by atoms with E-state index >= 15 is 0 Å². The van der Waals surface area contributed by atoms with Crippen molar-refractivity contribution in [3.63, 3.8) is 0 Å². The maximum Gasteiger partial charge on any atom is 0.306 e. The molecule has 0 radical (unpaired) electrons. The minimum Gasteiger partial charge on any atom is -0.462 e. The quantitative estimate of drug-likeness (QED) is 0.0261. The molecule has 0 fully saturated rings. The van der Waals surface area contributed by atoms with E-state index in [0.717, 1.165) is 64.2 Å². The van der Waals surface area contributed by atoms with E-state index in [4.69, 9.17) is 14.2 Å². The second kappa shape index (κ2) is 58.5. The lowest BCUT2D eigenvalue weighted by molar-refractivity contribution is -0.167. The van der Waals surface area contributed by atoms with Gasteiger partial charge in [-0.2, -0.15) is 0 Å². The molecule has 0 N–H and O–H groups in total. The van der Waals surface area contributed by atoms with Gasteiger partial charge in [-0.25, -0.2) is 0 Å². The Morgan fingerprint density at radius 2 is 0.478 bits per heavy atom. The highest BCUT2D eigenvalue weighted by atomic mass is 16.6. The van der Waals surface area contributed by atoms with Crippen molar-refractivity contribution < 1.29 is 28.6 Å². The molecule has 0 aliphatic heterocycles. The van der Waals surface area contributed by atoms with E-state index in [1.54, 1.807) is 0 Å². The van der Waals surface area contributed by atoms with Crippen molar-refractivity contribution >= 4 is 17.9 Å². The number of hydrogen-bond acceptors (Lipinski definition) is 6. The first-order valence-corrected chi connectivity index (χ1v) is 30.8. The number of unbranched alkanes of at least 4 members (excludes halogenated alkanes) is 42. The SMILES string of the molecule is CCCCCC/C=C\CCCCCCCC(=O)O[C@H](COC(=O)CCCCCCCCC/C=C\CCCCCCCC)COC(=O)CCCCCCCCCCCCCCCCCCCCCCC. The summed E-state index contributed by atoms with van der Waals surface area (Å²) >= 11 is 0. The molecule has 0 aliphatic rings. The minimum absolute atomic E-state index is 0.0713. The Bertz CT molecular complexity index is 1110. The van der Waals surface area contributed by atoms with Crippen molar-refractivity contribution in [1.82, 2.24) is 0 Å². The summed E-state index contributed by atoms with van der Waals surface area (Å²) in [6.45, 7) is 6.67. The van der Waals surface area contributed by atoms with E-state index in [0.29, 0.717) is 19.3 Å². The summed E-state index contributed by atoms with van der Waals surface area (Å²) in [5.41, 5.74) is 0. The number of hydrogen-bond donors (Lipinski definition) is 0. The van der Waals surface area contributed by atoms with Gasteiger partial charge in [0.25, 0.3) is 0 Å². The second-order valence-electron chi connectivity index (χ2n) is 21.0. The molecule has 0 spiro atoms. The van der Waals surface area contributed by atoms with Gasteiger partial charge in [0.1, 0.15) is 13.2 Å². The van der Waals surface area contributed by atoms with Gasteiger partial charge >= 0.3 is 17.9 Å². The maximum absolute atomic E-state index is 12.8. The van der Waals surface area contributed by atoms with Crippen molar-refractivity contribution in [2.75, 3.05) is 13.2 Å². The molecular formula is C63H118O6. The van der Waals surface area contributed by atoms with E-state index in [9.17, 15) is 14.4 Å². The summed E-state index contributed by atoms with van der Waals surface area (Å²) in [6.07, 6.45) is 68.9. The van der Waals surface area contributed by atoms with Gasteiger partial charge in [0.15, 0.2) is 6.10 Å². The van der Waals surface area contributed by atoms with Crippen LogP contribution < -0.4 is 0 Å². The second-order valence-corrected chi connectivity index (χ2v) is 21.0. The van der Waals surface area contributed by atoms with Gasteiger partial charge in [-0.1, -0.05) is 276 Å². The van der Waals surface area contributed by atoms with Gasteiger partial charge in [0.2, 0.25) is 0 Å². The zero-order chi connectivity index (χ0) is 50.0. The fraction of sp³-hybridized carbons (Fsp3) is 0.889. The van der Waals surface area contributed by atoms with E-state index < -0.39 is 6.10 Å². The monoisotopic (exact) mass is 971 g/mol. The van der Waals surface area contributed by atoms with Crippen molar-refractivity contribution in [2.24, 2.45) is 0 Å². The van der Waals surface area contributed by atoms with Gasteiger partial charge in [0, 0.05) is 19.3 Å². The fourth-order valence-corrected chi connectivity index (χ4v) is 9.26. The zero-order valence-electron chi connectivity index (χ0n) is 46.6. The van der Waals surface area contributed by atoms with E-state index in [1.807, 2.05) is 0 Å². The van der Waals surface area contributed by atoms with Crippen LogP contribution in [0.25, 0.3) is 0 Å². The molecule has 6 nitrogen and oxygen atoms in total. The third-order valence-corrected chi connectivity index (χ3v) is 13.9. The Kier molecular flexibility index (Phi) is 56.7. The number of carbonyl (C=O) groups is 3. The summed E-state index contributed by atoms with van der Waals surface area (Å²) < 4.78 is 16.9. The molecule has 0 aromatic rings. The fourth-order valence-electron chi connectivity index (χ4n) is 9.26. The first-order valence-electron chi connectivity index (χ1n) is 30.8. The van der Waals surface area contributed by atoms with Crippen LogP contribution in [0.4, 0.5) is 0 Å². The van der Waals surface area contributed by atoms with Crippen LogP contribution in [0.2, 0.25) is 0 Å². The molecule has 406 valence electrons. The molecule has 0 aliphatic carbocycles. The van der Waals surface area contributed by atoms with Crippen LogP contribution in [-0.2, 0) is 28.6 Å². The van der Waals surface area contributed by atoms with Crippen LogP contribution in [0.1, 0.15) is 342 Å². The molecular weight excluding hydrogens is 853 g/mol. The number of carbonyl (C=O) groups excluding carboxylic acids is 3. The van der Waals surface area contributed by atoms with Crippen molar-refractivity contribution in [1.29, 1.82) is 0 Å². The Morgan fingerprint density at radius 1 is 0.275 bits per heavy atom. The highest BCUT2D eigenvalue weighted by Crippen LogP contribution is 2.17. The largest absolute Gasteiger partial charge is 0.462 e. The predicted molar refractivity (Wildman–Crippen MR) is 298 cm³/mol. The van der Waals surface area contributed by atoms with Gasteiger partial charge in [-0.3, -0.25) is 14.4 Å². The zero-order valence-corrected chi connectivity index (χ0v) is 46.6. The average molecular weight is 972 g/mol. The number of allylic oxidation sites excluding steroid dienone is 4. The number of rotatable bonds is 57. The molecule has 1 atom stereocenters. The van der Waals surface area contributed by atoms with Gasteiger partial charge in [0.05, 0.1) is 0 Å². The third-order valence-electron chi connectivity index (χ3n) is 13.9. The molecule has 6 heteroatoms. The van der Waals surface area contributed by atoms with Crippen molar-refractivity contribution in [2.45, 2.75) is 348 Å². The molecule has 0 rings (SSSR count). The standard InChI is InChI=1S/C63H118O6/c1-4-7-10-13-16-19-22-25-27-29-30-31-32-34-36-39-41-44-47-50-53-56-62(65)68-59-60(69-63(66)57-54-51-48-45-42-37-24-21-18-15-12-9-6-3)58-67-61(64)55-52-49-46-43-40-38-35-33-28-26-23-20-17-14-11-8-5-2/h21,24,26,28,60H,4-20,22-23,25,27,29-59H2,1-3H3/b24-21-,28-26-/t60-/m1/s1. The van der Waals surface area contributed by atoms with E-state index in [2.05, 4.69) is 45.1 Å². The molecule has 0 unspecified atom stereocenters. The van der Waals surface area contributed by atoms with Crippen LogP contribution in [0, 0.1) is 0 Å². The first-order chi connectivity index (χ1) is 34.0. The van der Waals surface area contributed by atoms with E-state index in [-0.39, 0.29) is 31.1 Å². The summed E-state index contributed by atoms with van der Waals surface area (Å²) in [6, 6.07) is 0. The molecule has 0 heterocycles. The van der Waals surface area contributed by atoms with Gasteiger partial charge in [-0.15, -0.1) is 0 Å². The maximum atomic E-state index is 12.8. The average Bonchev–Trinajstić information content (AvgIpc) is 3.35. The van der Waals surface area contributed by atoms with Crippen LogP contribution in [0.3, 0.4) is 0 Å². The van der Waals surface area contributed by atoms with Crippen molar-refractivity contribution in [3.8, 4) is 0 Å². The lowest BCUT2D eigenvalue weighted by atomic mass is 10.0. The van der Waals surface area contributed by atoms with Crippen LogP contribution in [-0.4, -0.2) is 37.2 Å². The summed E-state index contributed by atoms with van der Waals surface area (Å²) in [4.78, 5) is 38.2. The molecule has 0 saturated heterocycles. The lowest BCUT2D eigenvalue weighted by Gasteiger charge is -2.18. The molecule has 0 bridgehead atoms. The topological polar surface area (TPSA) is 78.9 Å². The molecule has 0 aromatic carbocycles. The number of ether oxygens (including phenoxy) is 3. The highest BCUT2D eigenvalue weighted by Gasteiger charge is 2.19. The normalized spacial score (nSPS) is 12.1. The van der Waals surface area contributed by atoms with Crippen LogP contribution in [0.15, 0.2) is 24.3 Å². The first kappa shape index (κ1) is 66.9. The van der Waals surface area contributed by atoms with Gasteiger partial charge < -0.3 is 14.2 Å². The Labute approximate surface area is 430 Å². The highest BCUT2D eigenvalue weighted by molar-refractivity contribution is 5.71. The predicted octanol–water partition coefficient (Wildman–Crippen LogP) is 20.7. The summed E-state index contributed by atoms with van der Waals surface area (Å²) in [7, 11) is 0. The Hall–Kier alpha value is -2.11. The summed E-state index contributed by atoms with van der Waals surface area (Å²) in [5.74, 6) is -0.862. The smallest absolute Gasteiger partial charge is 0.306 e. The van der Waals surface area contributed by atoms with Gasteiger partial charge in [-0.05, 0) is 70.6 Å². The summed E-state index contributed by atoms with van der Waals surface area (Å²) in [5, 5.41) is 0.